The van der Waals surface area contributed by atoms with Crippen molar-refractivity contribution in [3.8, 4) is 0 Å². The van der Waals surface area contributed by atoms with Crippen molar-refractivity contribution in [2.24, 2.45) is 0 Å². The third kappa shape index (κ3) is 3.70. The first-order valence-corrected chi connectivity index (χ1v) is 8.02. The Kier molecular flexibility index (Phi) is 4.87. The fourth-order valence-corrected chi connectivity index (χ4v) is 3.27. The molecule has 0 aliphatic carbocycles. The van der Waals surface area contributed by atoms with E-state index in [2.05, 4.69) is 31.8 Å². The Morgan fingerprint density at radius 1 is 0.850 bits per heavy atom. The van der Waals surface area contributed by atoms with Gasteiger partial charge in [0.2, 0.25) is 0 Å². The van der Waals surface area contributed by atoms with Crippen LogP contribution in [0.4, 0.5) is 5.82 Å². The van der Waals surface area contributed by atoms with Crippen molar-refractivity contribution in [2.45, 2.75) is 19.3 Å². The van der Waals surface area contributed by atoms with E-state index in [9.17, 15) is 0 Å². The molecule has 2 saturated heterocycles. The summed E-state index contributed by atoms with van der Waals surface area (Å²) in [4.78, 5) is 12.1. The van der Waals surface area contributed by atoms with Gasteiger partial charge in [-0.25, -0.2) is 4.98 Å². The molecule has 2 aliphatic heterocycles. The summed E-state index contributed by atoms with van der Waals surface area (Å²) >= 11 is 0. The molecule has 0 unspecified atom stereocenters. The number of piperazine rings is 1. The third-order valence-electron chi connectivity index (χ3n) is 4.49. The van der Waals surface area contributed by atoms with Crippen LogP contribution in [0, 0.1) is 0 Å². The van der Waals surface area contributed by atoms with Crippen LogP contribution in [-0.2, 0) is 0 Å². The smallest absolute Gasteiger partial charge is 0.128 e. The van der Waals surface area contributed by atoms with Crippen molar-refractivity contribution < 1.29 is 0 Å². The fourth-order valence-electron chi connectivity index (χ4n) is 3.27. The second-order valence-electron chi connectivity index (χ2n) is 5.92. The lowest BCUT2D eigenvalue weighted by molar-refractivity contribution is 0.234. The largest absolute Gasteiger partial charge is 0.354 e. The van der Waals surface area contributed by atoms with E-state index in [-0.39, 0.29) is 0 Å². The zero-order chi connectivity index (χ0) is 13.6. The highest BCUT2D eigenvalue weighted by Gasteiger charge is 2.18. The quantitative estimate of drug-likeness (QED) is 0.815. The summed E-state index contributed by atoms with van der Waals surface area (Å²) in [5, 5.41) is 0. The first kappa shape index (κ1) is 13.8. The van der Waals surface area contributed by atoms with Gasteiger partial charge in [0.1, 0.15) is 5.82 Å². The molecule has 0 spiro atoms. The number of rotatable bonds is 5. The van der Waals surface area contributed by atoms with Crippen molar-refractivity contribution in [2.75, 3.05) is 57.3 Å². The molecule has 2 aliphatic rings. The van der Waals surface area contributed by atoms with E-state index < -0.39 is 0 Å². The number of hydrogen-bond donors (Lipinski definition) is 0. The minimum Gasteiger partial charge on any atom is -0.354 e. The van der Waals surface area contributed by atoms with Crippen LogP contribution in [0.15, 0.2) is 24.4 Å². The molecule has 0 saturated carbocycles. The van der Waals surface area contributed by atoms with Gasteiger partial charge in [0.15, 0.2) is 0 Å². The summed E-state index contributed by atoms with van der Waals surface area (Å²) < 4.78 is 0. The number of nitrogens with zero attached hydrogens (tertiary/aromatic N) is 4. The predicted octanol–water partition coefficient (Wildman–Crippen LogP) is 1.69. The highest BCUT2D eigenvalue weighted by atomic mass is 15.3. The van der Waals surface area contributed by atoms with Gasteiger partial charge in [-0.05, 0) is 57.6 Å². The van der Waals surface area contributed by atoms with Crippen molar-refractivity contribution in [1.29, 1.82) is 0 Å². The number of likely N-dealkylation sites (tertiary alicyclic amines) is 1. The summed E-state index contributed by atoms with van der Waals surface area (Å²) in [5.41, 5.74) is 0. The van der Waals surface area contributed by atoms with E-state index >= 15 is 0 Å². The van der Waals surface area contributed by atoms with Crippen LogP contribution in [0.5, 0.6) is 0 Å². The van der Waals surface area contributed by atoms with E-state index in [0.29, 0.717) is 0 Å². The van der Waals surface area contributed by atoms with E-state index in [1.54, 1.807) is 0 Å². The molecule has 3 rings (SSSR count). The van der Waals surface area contributed by atoms with Crippen molar-refractivity contribution >= 4 is 5.82 Å². The van der Waals surface area contributed by atoms with Gasteiger partial charge in [0.05, 0.1) is 0 Å². The van der Waals surface area contributed by atoms with E-state index in [4.69, 9.17) is 0 Å². The first-order chi connectivity index (χ1) is 9.92. The standard InChI is InChI=1S/C16H26N4/c1-2-7-17-16(6-1)20-14-12-19(13-15-20)11-5-10-18-8-3-4-9-18/h1-2,6-7H,3-5,8-15H2. The van der Waals surface area contributed by atoms with Gasteiger partial charge < -0.3 is 9.80 Å². The zero-order valence-electron chi connectivity index (χ0n) is 12.4. The first-order valence-electron chi connectivity index (χ1n) is 8.02. The Bertz CT molecular complexity index is 381. The van der Waals surface area contributed by atoms with Crippen LogP contribution in [0.1, 0.15) is 19.3 Å². The topological polar surface area (TPSA) is 22.6 Å². The lowest BCUT2D eigenvalue weighted by Gasteiger charge is -2.35. The number of anilines is 1. The second-order valence-corrected chi connectivity index (χ2v) is 5.92. The molecule has 0 bridgehead atoms. The number of pyridine rings is 1. The van der Waals surface area contributed by atoms with Crippen LogP contribution in [0.2, 0.25) is 0 Å². The predicted molar refractivity (Wildman–Crippen MR) is 83.2 cm³/mol. The van der Waals surface area contributed by atoms with Crippen LogP contribution in [0.25, 0.3) is 0 Å². The molecular weight excluding hydrogens is 248 g/mol. The molecule has 2 fully saturated rings. The molecule has 0 amide bonds. The normalized spacial score (nSPS) is 21.5. The number of hydrogen-bond acceptors (Lipinski definition) is 4. The van der Waals surface area contributed by atoms with Crippen LogP contribution in [-0.4, -0.2) is 67.1 Å². The average Bonchev–Trinajstić information content (AvgIpc) is 3.02. The van der Waals surface area contributed by atoms with Gasteiger partial charge in [-0.1, -0.05) is 6.07 Å². The Morgan fingerprint density at radius 3 is 2.20 bits per heavy atom. The average molecular weight is 274 g/mol. The maximum absolute atomic E-state index is 4.44. The minimum atomic E-state index is 1.11. The van der Waals surface area contributed by atoms with Gasteiger partial charge in [0, 0.05) is 32.4 Å². The lowest BCUT2D eigenvalue weighted by Crippen LogP contribution is -2.47. The van der Waals surface area contributed by atoms with Crippen LogP contribution in [0.3, 0.4) is 0 Å². The summed E-state index contributed by atoms with van der Waals surface area (Å²) in [6.07, 6.45) is 6.02. The van der Waals surface area contributed by atoms with E-state index in [1.165, 1.54) is 58.5 Å². The summed E-state index contributed by atoms with van der Waals surface area (Å²) in [6, 6.07) is 6.17. The van der Waals surface area contributed by atoms with Crippen LogP contribution < -0.4 is 4.90 Å². The molecule has 0 N–H and O–H groups in total. The molecule has 1 aromatic heterocycles. The van der Waals surface area contributed by atoms with Gasteiger partial charge in [-0.2, -0.15) is 0 Å². The SMILES string of the molecule is c1ccc(N2CCN(CCCN3CCCC3)CC2)nc1. The maximum Gasteiger partial charge on any atom is 0.128 e. The van der Waals surface area contributed by atoms with Gasteiger partial charge in [0.25, 0.3) is 0 Å². The molecule has 20 heavy (non-hydrogen) atoms. The summed E-state index contributed by atoms with van der Waals surface area (Å²) in [5.74, 6) is 1.13. The minimum absolute atomic E-state index is 1.11. The molecule has 4 heteroatoms. The second kappa shape index (κ2) is 7.04. The lowest BCUT2D eigenvalue weighted by atomic mass is 10.2. The van der Waals surface area contributed by atoms with Crippen molar-refractivity contribution in [3.63, 3.8) is 0 Å². The van der Waals surface area contributed by atoms with E-state index in [1.807, 2.05) is 12.3 Å². The Labute approximate surface area is 122 Å². The molecule has 110 valence electrons. The zero-order valence-corrected chi connectivity index (χ0v) is 12.4. The molecule has 0 atom stereocenters. The summed E-state index contributed by atoms with van der Waals surface area (Å²) in [6.45, 7) is 9.78. The molecule has 1 aromatic rings. The van der Waals surface area contributed by atoms with Gasteiger partial charge in [-0.3, -0.25) is 4.90 Å². The molecule has 0 radical (unpaired) electrons. The molecule has 4 nitrogen and oxygen atoms in total. The Hall–Kier alpha value is -1.13. The van der Waals surface area contributed by atoms with Crippen molar-refractivity contribution in [1.82, 2.24) is 14.8 Å². The van der Waals surface area contributed by atoms with Crippen molar-refractivity contribution in [3.05, 3.63) is 24.4 Å². The maximum atomic E-state index is 4.44. The Balaban J connectivity index is 1.36. The number of aromatic nitrogens is 1. The van der Waals surface area contributed by atoms with Gasteiger partial charge in [-0.15, -0.1) is 0 Å². The Morgan fingerprint density at radius 2 is 1.55 bits per heavy atom. The summed E-state index contributed by atoms with van der Waals surface area (Å²) in [7, 11) is 0. The highest BCUT2D eigenvalue weighted by molar-refractivity contribution is 5.38. The van der Waals surface area contributed by atoms with E-state index in [0.717, 1.165) is 18.9 Å². The highest BCUT2D eigenvalue weighted by Crippen LogP contribution is 2.13. The fraction of sp³-hybridized carbons (Fsp3) is 0.688. The third-order valence-corrected chi connectivity index (χ3v) is 4.49. The molecule has 0 aromatic carbocycles. The monoisotopic (exact) mass is 274 g/mol. The van der Waals surface area contributed by atoms with Gasteiger partial charge >= 0.3 is 0 Å². The van der Waals surface area contributed by atoms with Crippen LogP contribution >= 0.6 is 0 Å². The molecular formula is C16H26N4. The molecule has 3 heterocycles.